The number of carbonyl (C=O) groups excluding carboxylic acids is 1. The second kappa shape index (κ2) is 8.96. The third-order valence-corrected chi connectivity index (χ3v) is 6.38. The number of nitrogens with two attached hydrogens (primary N) is 1. The molecule has 0 aliphatic rings. The van der Waals surface area contributed by atoms with E-state index in [0.29, 0.717) is 17.1 Å². The van der Waals surface area contributed by atoms with Crippen molar-refractivity contribution in [3.05, 3.63) is 81.8 Å². The van der Waals surface area contributed by atoms with Gasteiger partial charge in [0.2, 0.25) is 0 Å². The highest BCUT2D eigenvalue weighted by molar-refractivity contribution is 7.13. The first-order valence-electron chi connectivity index (χ1n) is 9.81. The minimum absolute atomic E-state index is 0.438. The van der Waals surface area contributed by atoms with Crippen LogP contribution in [-0.2, 0) is 13.0 Å². The molecule has 0 spiro atoms. The molecular formula is C24H22ClN3O2S. The molecule has 2 aromatic heterocycles. The Kier molecular flexibility index (Phi) is 6.11. The van der Waals surface area contributed by atoms with Crippen molar-refractivity contribution in [3.8, 4) is 27.7 Å². The summed E-state index contributed by atoms with van der Waals surface area (Å²) >= 11 is 7.68. The van der Waals surface area contributed by atoms with E-state index in [4.69, 9.17) is 27.1 Å². The lowest BCUT2D eigenvalue weighted by Gasteiger charge is -2.11. The quantitative estimate of drug-likeness (QED) is 0.398. The standard InChI is InChI=1S/C24H22ClN3O2S/c1-15-20(23(26)29)13-22(28(15)11-10-16-6-8-19(30-2)9-7-16)21-14-31-24(27-21)17-4-3-5-18(25)12-17/h3-9,12-14H,10-11H2,1-2H3,(H2,26,29). The molecule has 0 saturated carbocycles. The summed E-state index contributed by atoms with van der Waals surface area (Å²) in [5, 5.41) is 3.54. The highest BCUT2D eigenvalue weighted by Crippen LogP contribution is 2.32. The molecule has 31 heavy (non-hydrogen) atoms. The number of amides is 1. The van der Waals surface area contributed by atoms with Crippen LogP contribution in [0, 0.1) is 6.92 Å². The fourth-order valence-corrected chi connectivity index (χ4v) is 4.57. The maximum atomic E-state index is 12.0. The van der Waals surface area contributed by atoms with Crippen molar-refractivity contribution in [2.75, 3.05) is 7.11 Å². The van der Waals surface area contributed by atoms with Crippen LogP contribution in [0.4, 0.5) is 0 Å². The Balaban J connectivity index is 1.67. The summed E-state index contributed by atoms with van der Waals surface area (Å²) in [5.41, 5.74) is 10.8. The molecule has 1 amide bonds. The molecule has 7 heteroatoms. The van der Waals surface area contributed by atoms with Gasteiger partial charge in [0.15, 0.2) is 0 Å². The van der Waals surface area contributed by atoms with Crippen LogP contribution in [0.5, 0.6) is 5.75 Å². The van der Waals surface area contributed by atoms with Crippen molar-refractivity contribution in [3.63, 3.8) is 0 Å². The molecule has 0 aliphatic heterocycles. The van der Waals surface area contributed by atoms with Crippen LogP contribution in [0.3, 0.4) is 0 Å². The normalized spacial score (nSPS) is 10.9. The zero-order chi connectivity index (χ0) is 22.0. The first-order valence-corrected chi connectivity index (χ1v) is 11.1. The molecule has 5 nitrogen and oxygen atoms in total. The van der Waals surface area contributed by atoms with Crippen LogP contribution in [0.15, 0.2) is 60.0 Å². The third kappa shape index (κ3) is 4.50. The fraction of sp³-hybridized carbons (Fsp3) is 0.167. The average Bonchev–Trinajstić information content (AvgIpc) is 3.37. The van der Waals surface area contributed by atoms with Crippen molar-refractivity contribution < 1.29 is 9.53 Å². The van der Waals surface area contributed by atoms with Crippen LogP contribution < -0.4 is 10.5 Å². The largest absolute Gasteiger partial charge is 0.497 e. The zero-order valence-electron chi connectivity index (χ0n) is 17.3. The van der Waals surface area contributed by atoms with Crippen molar-refractivity contribution in [1.82, 2.24) is 9.55 Å². The van der Waals surface area contributed by atoms with Crippen molar-refractivity contribution in [1.29, 1.82) is 0 Å². The number of halogens is 1. The maximum absolute atomic E-state index is 12.0. The van der Waals surface area contributed by atoms with Gasteiger partial charge >= 0.3 is 0 Å². The van der Waals surface area contributed by atoms with Crippen molar-refractivity contribution in [2.24, 2.45) is 5.73 Å². The number of methoxy groups -OCH3 is 1. The van der Waals surface area contributed by atoms with E-state index in [9.17, 15) is 4.79 Å². The second-order valence-electron chi connectivity index (χ2n) is 7.19. The Morgan fingerprint density at radius 3 is 2.65 bits per heavy atom. The number of benzene rings is 2. The topological polar surface area (TPSA) is 70.1 Å². The van der Waals surface area contributed by atoms with Gasteiger partial charge in [0, 0.05) is 28.2 Å². The van der Waals surface area contributed by atoms with Gasteiger partial charge in [0.1, 0.15) is 10.8 Å². The van der Waals surface area contributed by atoms with E-state index in [1.165, 1.54) is 5.56 Å². The van der Waals surface area contributed by atoms with E-state index in [2.05, 4.69) is 4.57 Å². The van der Waals surface area contributed by atoms with Gasteiger partial charge < -0.3 is 15.0 Å². The predicted molar refractivity (Wildman–Crippen MR) is 126 cm³/mol. The van der Waals surface area contributed by atoms with E-state index in [1.54, 1.807) is 18.4 Å². The Morgan fingerprint density at radius 1 is 1.19 bits per heavy atom. The first kappa shape index (κ1) is 21.2. The third-order valence-electron chi connectivity index (χ3n) is 5.25. The smallest absolute Gasteiger partial charge is 0.250 e. The SMILES string of the molecule is COc1ccc(CCn2c(-c3csc(-c4cccc(Cl)c4)n3)cc(C(N)=O)c2C)cc1. The minimum Gasteiger partial charge on any atom is -0.497 e. The molecule has 2 N–H and O–H groups in total. The molecule has 0 bridgehead atoms. The van der Waals surface area contributed by atoms with Crippen molar-refractivity contribution >= 4 is 28.8 Å². The second-order valence-corrected chi connectivity index (χ2v) is 8.49. The van der Waals surface area contributed by atoms with E-state index in [-0.39, 0.29) is 0 Å². The molecule has 0 atom stereocenters. The van der Waals surface area contributed by atoms with Gasteiger partial charge in [0.25, 0.3) is 5.91 Å². The molecule has 2 heterocycles. The molecule has 0 saturated heterocycles. The van der Waals surface area contributed by atoms with Crippen molar-refractivity contribution in [2.45, 2.75) is 19.9 Å². The van der Waals surface area contributed by atoms with Gasteiger partial charge in [-0.05, 0) is 49.2 Å². The molecule has 0 unspecified atom stereocenters. The lowest BCUT2D eigenvalue weighted by atomic mass is 10.1. The van der Waals surface area contributed by atoms with Gasteiger partial charge in [-0.3, -0.25) is 4.79 Å². The minimum atomic E-state index is -0.438. The Bertz CT molecular complexity index is 1230. The van der Waals surface area contributed by atoms with Gasteiger partial charge in [-0.15, -0.1) is 11.3 Å². The molecule has 2 aromatic carbocycles. The monoisotopic (exact) mass is 451 g/mol. The van der Waals surface area contributed by atoms with Crippen LogP contribution in [0.1, 0.15) is 21.6 Å². The summed E-state index contributed by atoms with van der Waals surface area (Å²) in [4.78, 5) is 16.8. The summed E-state index contributed by atoms with van der Waals surface area (Å²) in [6.45, 7) is 2.62. The molecule has 0 radical (unpaired) electrons. The van der Waals surface area contributed by atoms with Crippen LogP contribution in [0.25, 0.3) is 22.0 Å². The van der Waals surface area contributed by atoms with Gasteiger partial charge in [-0.25, -0.2) is 4.98 Å². The summed E-state index contributed by atoms with van der Waals surface area (Å²) < 4.78 is 7.34. The van der Waals surface area contributed by atoms with E-state index < -0.39 is 5.91 Å². The first-order chi connectivity index (χ1) is 15.0. The Morgan fingerprint density at radius 2 is 1.97 bits per heavy atom. The van der Waals surface area contributed by atoms with E-state index in [1.807, 2.05) is 66.9 Å². The van der Waals surface area contributed by atoms with Crippen LogP contribution in [0.2, 0.25) is 5.02 Å². The molecule has 158 valence electrons. The lowest BCUT2D eigenvalue weighted by Crippen LogP contribution is -2.13. The summed E-state index contributed by atoms with van der Waals surface area (Å²) in [6.07, 6.45) is 0.802. The summed E-state index contributed by atoms with van der Waals surface area (Å²) in [5.74, 6) is 0.390. The van der Waals surface area contributed by atoms with Crippen LogP contribution >= 0.6 is 22.9 Å². The number of carbonyl (C=O) groups is 1. The van der Waals surface area contributed by atoms with E-state index in [0.717, 1.165) is 39.8 Å². The number of ether oxygens (including phenoxy) is 1. The number of thiazole rings is 1. The molecule has 0 fully saturated rings. The highest BCUT2D eigenvalue weighted by Gasteiger charge is 2.19. The number of primary amides is 1. The average molecular weight is 452 g/mol. The number of aryl methyl sites for hydroxylation is 1. The Hall–Kier alpha value is -3.09. The molecular weight excluding hydrogens is 430 g/mol. The number of nitrogens with zero attached hydrogens (tertiary/aromatic N) is 2. The fourth-order valence-electron chi connectivity index (χ4n) is 3.57. The molecule has 4 aromatic rings. The summed E-state index contributed by atoms with van der Waals surface area (Å²) in [7, 11) is 1.65. The zero-order valence-corrected chi connectivity index (χ0v) is 18.8. The number of hydrogen-bond donors (Lipinski definition) is 1. The number of hydrogen-bond acceptors (Lipinski definition) is 4. The summed E-state index contributed by atoms with van der Waals surface area (Å²) in [6, 6.07) is 17.5. The Labute approximate surface area is 190 Å². The maximum Gasteiger partial charge on any atom is 0.250 e. The van der Waals surface area contributed by atoms with Gasteiger partial charge in [-0.1, -0.05) is 35.9 Å². The van der Waals surface area contributed by atoms with E-state index >= 15 is 0 Å². The van der Waals surface area contributed by atoms with Crippen LogP contribution in [-0.4, -0.2) is 22.6 Å². The lowest BCUT2D eigenvalue weighted by molar-refractivity contribution is 0.0999. The number of aromatic nitrogens is 2. The highest BCUT2D eigenvalue weighted by atomic mass is 35.5. The number of rotatable bonds is 7. The molecule has 4 rings (SSSR count). The van der Waals surface area contributed by atoms with Gasteiger partial charge in [0.05, 0.1) is 24.1 Å². The molecule has 0 aliphatic carbocycles. The van der Waals surface area contributed by atoms with Gasteiger partial charge in [-0.2, -0.15) is 0 Å². The predicted octanol–water partition coefficient (Wildman–Crippen LogP) is 5.59.